The molecule has 0 heterocycles. The van der Waals surface area contributed by atoms with Crippen molar-refractivity contribution in [3.63, 3.8) is 0 Å². The summed E-state index contributed by atoms with van der Waals surface area (Å²) in [6, 6.07) is 12.3. The van der Waals surface area contributed by atoms with E-state index in [0.29, 0.717) is 5.38 Å². The van der Waals surface area contributed by atoms with Gasteiger partial charge < -0.3 is 9.47 Å². The molecular formula is C21H29ClO2. The maximum Gasteiger partial charge on any atom is 0.127 e. The zero-order valence-corrected chi connectivity index (χ0v) is 15.6. The maximum atomic E-state index is 6.15. The molecule has 2 aromatic carbocycles. The molecule has 0 spiro atoms. The highest BCUT2D eigenvalue weighted by Gasteiger charge is 2.08. The average molecular weight is 349 g/mol. The molecule has 0 N–H and O–H groups in total. The lowest BCUT2D eigenvalue weighted by molar-refractivity contribution is 0.303. The molecule has 0 radical (unpaired) electrons. The minimum absolute atomic E-state index is 0.297. The summed E-state index contributed by atoms with van der Waals surface area (Å²) in [6.45, 7) is 5.79. The third kappa shape index (κ3) is 5.59. The topological polar surface area (TPSA) is 18.5 Å². The van der Waals surface area contributed by atoms with Gasteiger partial charge in [-0.3, -0.25) is 0 Å². The first-order valence-corrected chi connectivity index (χ1v) is 9.61. The Morgan fingerprint density at radius 3 is 1.96 bits per heavy atom. The van der Waals surface area contributed by atoms with E-state index in [9.17, 15) is 0 Å². The number of hydrogen-bond acceptors (Lipinski definition) is 2. The van der Waals surface area contributed by atoms with Crippen LogP contribution in [0.3, 0.4) is 0 Å². The molecule has 0 fully saturated rings. The minimum Gasteiger partial charge on any atom is -0.493 e. The number of hydrogen-bond donors (Lipinski definition) is 0. The monoisotopic (exact) mass is 348 g/mol. The molecule has 24 heavy (non-hydrogen) atoms. The van der Waals surface area contributed by atoms with E-state index in [4.69, 9.17) is 21.1 Å². The van der Waals surface area contributed by atoms with Crippen molar-refractivity contribution in [3.05, 3.63) is 36.4 Å². The van der Waals surface area contributed by atoms with Crippen LogP contribution in [-0.4, -0.2) is 18.6 Å². The molecule has 0 aromatic heterocycles. The van der Waals surface area contributed by atoms with Crippen molar-refractivity contribution in [3.8, 4) is 11.5 Å². The molecule has 3 heteroatoms. The lowest BCUT2D eigenvalue weighted by Gasteiger charge is -2.13. The molecule has 1 atom stereocenters. The molecule has 1 unspecified atom stereocenters. The van der Waals surface area contributed by atoms with Crippen molar-refractivity contribution < 1.29 is 9.47 Å². The lowest BCUT2D eigenvalue weighted by atomic mass is 10.1. The Balaban J connectivity index is 1.97. The van der Waals surface area contributed by atoms with E-state index in [1.807, 2.05) is 24.3 Å². The summed E-state index contributed by atoms with van der Waals surface area (Å²) in [7, 11) is 0. The summed E-state index contributed by atoms with van der Waals surface area (Å²) in [4.78, 5) is 0. The summed E-state index contributed by atoms with van der Waals surface area (Å²) in [5.74, 6) is 1.88. The largest absolute Gasteiger partial charge is 0.493 e. The summed E-state index contributed by atoms with van der Waals surface area (Å²) >= 11 is 6.15. The van der Waals surface area contributed by atoms with E-state index < -0.39 is 0 Å². The number of halogens is 1. The summed E-state index contributed by atoms with van der Waals surface area (Å²) < 4.78 is 11.9. The van der Waals surface area contributed by atoms with Crippen LogP contribution in [0.1, 0.15) is 52.4 Å². The van der Waals surface area contributed by atoms with Gasteiger partial charge in [-0.15, -0.1) is 11.6 Å². The van der Waals surface area contributed by atoms with Gasteiger partial charge in [0.1, 0.15) is 11.5 Å². The van der Waals surface area contributed by atoms with E-state index in [0.717, 1.165) is 74.0 Å². The summed E-state index contributed by atoms with van der Waals surface area (Å²) in [6.07, 6.45) is 6.45. The molecule has 0 saturated heterocycles. The second kappa shape index (κ2) is 10.5. The Kier molecular flexibility index (Phi) is 8.24. The van der Waals surface area contributed by atoms with Crippen LogP contribution in [0.4, 0.5) is 0 Å². The zero-order chi connectivity index (χ0) is 17.2. The van der Waals surface area contributed by atoms with E-state index in [-0.39, 0.29) is 0 Å². The van der Waals surface area contributed by atoms with E-state index in [2.05, 4.69) is 26.0 Å². The maximum absolute atomic E-state index is 6.15. The molecule has 0 saturated carbocycles. The summed E-state index contributed by atoms with van der Waals surface area (Å²) in [5.41, 5.74) is 0. The number of ether oxygens (including phenoxy) is 2. The van der Waals surface area contributed by atoms with Crippen LogP contribution in [0.25, 0.3) is 10.8 Å². The van der Waals surface area contributed by atoms with Gasteiger partial charge >= 0.3 is 0 Å². The number of unbranched alkanes of at least 4 members (excludes halogenated alkanes) is 2. The van der Waals surface area contributed by atoms with Gasteiger partial charge in [0.05, 0.1) is 13.2 Å². The Morgan fingerprint density at radius 1 is 0.833 bits per heavy atom. The van der Waals surface area contributed by atoms with Crippen molar-refractivity contribution >= 4 is 22.4 Å². The van der Waals surface area contributed by atoms with Crippen LogP contribution >= 0.6 is 11.6 Å². The molecule has 0 bridgehead atoms. The highest BCUT2D eigenvalue weighted by atomic mass is 35.5. The van der Waals surface area contributed by atoms with E-state index in [1.165, 1.54) is 0 Å². The highest BCUT2D eigenvalue weighted by Crippen LogP contribution is 2.33. The second-order valence-electron chi connectivity index (χ2n) is 6.16. The quantitative estimate of drug-likeness (QED) is 0.337. The Morgan fingerprint density at radius 2 is 1.42 bits per heavy atom. The number of fused-ring (bicyclic) bond motifs is 1. The van der Waals surface area contributed by atoms with Gasteiger partial charge in [0.2, 0.25) is 0 Å². The normalized spacial score (nSPS) is 12.3. The molecule has 2 rings (SSSR count). The van der Waals surface area contributed by atoms with Crippen LogP contribution < -0.4 is 9.47 Å². The fraction of sp³-hybridized carbons (Fsp3) is 0.524. The van der Waals surface area contributed by atoms with Gasteiger partial charge in [-0.2, -0.15) is 0 Å². The molecule has 2 nitrogen and oxygen atoms in total. The van der Waals surface area contributed by atoms with Crippen LogP contribution in [0.15, 0.2) is 36.4 Å². The van der Waals surface area contributed by atoms with Crippen molar-refractivity contribution in [2.45, 2.75) is 57.7 Å². The van der Waals surface area contributed by atoms with Crippen molar-refractivity contribution in [2.24, 2.45) is 0 Å². The predicted octanol–water partition coefficient (Wildman–Crippen LogP) is 6.59. The highest BCUT2D eigenvalue weighted by molar-refractivity contribution is 6.20. The second-order valence-corrected chi connectivity index (χ2v) is 6.78. The molecule has 132 valence electrons. The van der Waals surface area contributed by atoms with Gasteiger partial charge in [-0.1, -0.05) is 44.5 Å². The third-order valence-electron chi connectivity index (χ3n) is 4.21. The smallest absolute Gasteiger partial charge is 0.127 e. The SMILES string of the molecule is CCCCOc1ccc(OCCCCC(Cl)CC)c2ccccc12. The first kappa shape index (κ1) is 18.9. The van der Waals surface area contributed by atoms with Gasteiger partial charge in [-0.25, -0.2) is 0 Å². The van der Waals surface area contributed by atoms with Crippen LogP contribution in [0.2, 0.25) is 0 Å². The van der Waals surface area contributed by atoms with Gasteiger partial charge in [0.25, 0.3) is 0 Å². The molecule has 0 aliphatic rings. The number of rotatable bonds is 11. The molecule has 0 aliphatic heterocycles. The predicted molar refractivity (Wildman–Crippen MR) is 104 cm³/mol. The Hall–Kier alpha value is -1.41. The van der Waals surface area contributed by atoms with Crippen molar-refractivity contribution in [2.75, 3.05) is 13.2 Å². The minimum atomic E-state index is 0.297. The fourth-order valence-corrected chi connectivity index (χ4v) is 2.83. The summed E-state index contributed by atoms with van der Waals surface area (Å²) in [5, 5.41) is 2.54. The first-order chi connectivity index (χ1) is 11.8. The average Bonchev–Trinajstić information content (AvgIpc) is 2.62. The molecule has 0 amide bonds. The van der Waals surface area contributed by atoms with Crippen molar-refractivity contribution in [1.29, 1.82) is 0 Å². The van der Waals surface area contributed by atoms with Gasteiger partial charge in [-0.05, 0) is 44.2 Å². The number of alkyl halides is 1. The van der Waals surface area contributed by atoms with Crippen molar-refractivity contribution in [1.82, 2.24) is 0 Å². The van der Waals surface area contributed by atoms with Crippen LogP contribution in [0.5, 0.6) is 11.5 Å². The first-order valence-electron chi connectivity index (χ1n) is 9.17. The molecular weight excluding hydrogens is 320 g/mol. The van der Waals surface area contributed by atoms with E-state index >= 15 is 0 Å². The van der Waals surface area contributed by atoms with Gasteiger partial charge in [0.15, 0.2) is 0 Å². The van der Waals surface area contributed by atoms with E-state index in [1.54, 1.807) is 0 Å². The van der Waals surface area contributed by atoms with Crippen LogP contribution in [0, 0.1) is 0 Å². The van der Waals surface area contributed by atoms with Crippen LogP contribution in [-0.2, 0) is 0 Å². The lowest BCUT2D eigenvalue weighted by Crippen LogP contribution is -2.02. The molecule has 0 aliphatic carbocycles. The number of benzene rings is 2. The Labute approximate surface area is 151 Å². The standard InChI is InChI=1S/C21H29ClO2/c1-3-5-15-23-20-13-14-21(19-12-7-6-11-18(19)20)24-16-9-8-10-17(22)4-2/h6-7,11-14,17H,3-5,8-10,15-16H2,1-2H3. The third-order valence-corrected chi connectivity index (χ3v) is 4.74. The zero-order valence-electron chi connectivity index (χ0n) is 14.9. The fourth-order valence-electron chi connectivity index (χ4n) is 2.68. The molecule has 2 aromatic rings. The Bertz CT molecular complexity index is 612. The van der Waals surface area contributed by atoms with Gasteiger partial charge in [0, 0.05) is 16.1 Å².